The number of carbonyl (C=O) groups excluding carboxylic acids is 1. The van der Waals surface area contributed by atoms with Crippen molar-refractivity contribution in [2.45, 2.75) is 50.2 Å². The molecule has 3 atom stereocenters. The van der Waals surface area contributed by atoms with Crippen LogP contribution in [0.2, 0.25) is 0 Å². The summed E-state index contributed by atoms with van der Waals surface area (Å²) in [4.78, 5) is 14.4. The van der Waals surface area contributed by atoms with E-state index in [4.69, 9.17) is 5.73 Å². The molecule has 3 unspecified atom stereocenters. The van der Waals surface area contributed by atoms with Gasteiger partial charge in [0.1, 0.15) is 11.5 Å². The minimum Gasteiger partial charge on any atom is -0.376 e. The van der Waals surface area contributed by atoms with Crippen LogP contribution in [0, 0.1) is 11.3 Å². The summed E-state index contributed by atoms with van der Waals surface area (Å²) in [5, 5.41) is 0. The van der Waals surface area contributed by atoms with Crippen molar-refractivity contribution >= 4 is 21.6 Å². The van der Waals surface area contributed by atoms with Crippen molar-refractivity contribution in [2.24, 2.45) is 17.1 Å². The number of alkyl halides is 3. The lowest BCUT2D eigenvalue weighted by Crippen LogP contribution is -2.69. The molecular formula is C18H21F3N2O4S. The molecule has 0 aromatic heterocycles. The van der Waals surface area contributed by atoms with Gasteiger partial charge in [-0.25, -0.2) is 0 Å². The first-order valence-electron chi connectivity index (χ1n) is 9.12. The van der Waals surface area contributed by atoms with Gasteiger partial charge in [-0.15, -0.1) is 0 Å². The van der Waals surface area contributed by atoms with Gasteiger partial charge in [0, 0.05) is 30.0 Å². The van der Waals surface area contributed by atoms with Gasteiger partial charge in [0.15, 0.2) is 0 Å². The number of anilines is 1. The average molecular weight is 418 g/mol. The highest BCUT2D eigenvalue weighted by Crippen LogP contribution is 2.55. The maximum Gasteiger partial charge on any atom is 0.534 e. The number of halogens is 3. The molecule has 0 bridgehead atoms. The molecule has 2 N–H and O–H groups in total. The molecule has 2 heterocycles. The predicted octanol–water partition coefficient (Wildman–Crippen LogP) is 2.71. The molecule has 0 amide bonds. The smallest absolute Gasteiger partial charge is 0.376 e. The Bertz CT molecular complexity index is 949. The number of nitrogens with two attached hydrogens (primary N) is 1. The molecule has 0 spiro atoms. The second kappa shape index (κ2) is 5.85. The van der Waals surface area contributed by atoms with Crippen LogP contribution in [0.4, 0.5) is 18.9 Å². The molecule has 1 saturated carbocycles. The Morgan fingerprint density at radius 3 is 2.64 bits per heavy atom. The van der Waals surface area contributed by atoms with Crippen LogP contribution in [0.15, 0.2) is 18.2 Å². The van der Waals surface area contributed by atoms with Crippen LogP contribution in [0.3, 0.4) is 0 Å². The van der Waals surface area contributed by atoms with Crippen LogP contribution in [0.5, 0.6) is 5.75 Å². The molecule has 2 fully saturated rings. The highest BCUT2D eigenvalue weighted by Gasteiger charge is 2.60. The molecule has 6 nitrogen and oxygen atoms in total. The van der Waals surface area contributed by atoms with Crippen LogP contribution in [-0.4, -0.2) is 31.9 Å². The standard InChI is InChI=1S/C18H21F3N2O4S/c1-16-8-9-23-13-3-2-12(27-28(25,26)18(19,20)21)10-11(13)6-7-17(23,22)14(16)4-5-15(16)24/h2-3,10,14H,4-9,22H2,1H3. The van der Waals surface area contributed by atoms with Gasteiger partial charge in [0.2, 0.25) is 0 Å². The Labute approximate surface area is 160 Å². The highest BCUT2D eigenvalue weighted by molar-refractivity contribution is 7.88. The lowest BCUT2D eigenvalue weighted by atomic mass is 9.64. The largest absolute Gasteiger partial charge is 0.534 e. The number of aryl methyl sites for hydroxylation is 1. The minimum atomic E-state index is -5.71. The van der Waals surface area contributed by atoms with Crippen molar-refractivity contribution in [3.05, 3.63) is 23.8 Å². The van der Waals surface area contributed by atoms with Gasteiger partial charge in [-0.2, -0.15) is 21.6 Å². The first-order valence-corrected chi connectivity index (χ1v) is 10.5. The van der Waals surface area contributed by atoms with Gasteiger partial charge >= 0.3 is 15.6 Å². The topological polar surface area (TPSA) is 89.7 Å². The first kappa shape index (κ1) is 19.5. The number of fused-ring (bicyclic) bond motifs is 5. The number of nitrogens with zero attached hydrogens (tertiary/aromatic N) is 1. The molecule has 2 aliphatic heterocycles. The second-order valence-electron chi connectivity index (χ2n) is 8.10. The van der Waals surface area contributed by atoms with Gasteiger partial charge in [-0.05, 0) is 49.4 Å². The van der Waals surface area contributed by atoms with Crippen molar-refractivity contribution in [1.29, 1.82) is 0 Å². The van der Waals surface area contributed by atoms with E-state index in [-0.39, 0.29) is 17.5 Å². The zero-order valence-corrected chi connectivity index (χ0v) is 16.1. The van der Waals surface area contributed by atoms with Crippen molar-refractivity contribution in [1.82, 2.24) is 0 Å². The van der Waals surface area contributed by atoms with E-state index in [2.05, 4.69) is 4.18 Å². The summed E-state index contributed by atoms with van der Waals surface area (Å²) < 4.78 is 64.4. The van der Waals surface area contributed by atoms with Crippen molar-refractivity contribution in [3.8, 4) is 5.75 Å². The molecule has 10 heteroatoms. The van der Waals surface area contributed by atoms with E-state index in [0.29, 0.717) is 37.8 Å². The predicted molar refractivity (Wildman–Crippen MR) is 95.1 cm³/mol. The summed E-state index contributed by atoms with van der Waals surface area (Å²) in [6.45, 7) is 2.54. The lowest BCUT2D eigenvalue weighted by Gasteiger charge is -2.57. The lowest BCUT2D eigenvalue weighted by molar-refractivity contribution is -0.128. The Balaban J connectivity index is 1.66. The van der Waals surface area contributed by atoms with E-state index < -0.39 is 26.7 Å². The summed E-state index contributed by atoms with van der Waals surface area (Å²) in [6.07, 6.45) is 2.90. The van der Waals surface area contributed by atoms with Gasteiger partial charge in [0.05, 0.1) is 5.66 Å². The molecule has 28 heavy (non-hydrogen) atoms. The Hall–Kier alpha value is -1.81. The van der Waals surface area contributed by atoms with E-state index in [1.807, 2.05) is 11.8 Å². The third-order valence-corrected chi connectivity index (χ3v) is 7.63. The third-order valence-electron chi connectivity index (χ3n) is 6.65. The SMILES string of the molecule is CC12CCN3c4ccc(OS(=O)(=O)C(F)(F)F)cc4CCC3(N)C1CCC2=O. The minimum absolute atomic E-state index is 0.0101. The molecule has 1 saturated heterocycles. The summed E-state index contributed by atoms with van der Waals surface area (Å²) in [6, 6.07) is 4.09. The molecule has 4 rings (SSSR count). The molecule has 1 aliphatic carbocycles. The molecule has 0 radical (unpaired) electrons. The summed E-state index contributed by atoms with van der Waals surface area (Å²) in [5.74, 6) is -0.122. The zero-order chi connectivity index (χ0) is 20.5. The highest BCUT2D eigenvalue weighted by atomic mass is 32.2. The maximum atomic E-state index is 12.6. The van der Waals surface area contributed by atoms with Crippen LogP contribution in [0.25, 0.3) is 0 Å². The second-order valence-corrected chi connectivity index (χ2v) is 9.64. The van der Waals surface area contributed by atoms with E-state index in [1.165, 1.54) is 12.1 Å². The number of hydrogen-bond donors (Lipinski definition) is 1. The number of hydrogen-bond acceptors (Lipinski definition) is 6. The fourth-order valence-electron chi connectivity index (χ4n) is 5.17. The molecule has 1 aromatic rings. The van der Waals surface area contributed by atoms with E-state index >= 15 is 0 Å². The van der Waals surface area contributed by atoms with Gasteiger partial charge in [-0.3, -0.25) is 4.79 Å². The van der Waals surface area contributed by atoms with Gasteiger partial charge in [-0.1, -0.05) is 6.92 Å². The van der Waals surface area contributed by atoms with Crippen molar-refractivity contribution in [2.75, 3.05) is 11.4 Å². The van der Waals surface area contributed by atoms with Gasteiger partial charge in [0.25, 0.3) is 0 Å². The summed E-state index contributed by atoms with van der Waals surface area (Å²) in [5.41, 5.74) is 1.62. The first-order chi connectivity index (χ1) is 12.9. The van der Waals surface area contributed by atoms with Gasteiger partial charge < -0.3 is 14.8 Å². The Kier molecular flexibility index (Phi) is 4.08. The maximum absolute atomic E-state index is 12.6. The van der Waals surface area contributed by atoms with E-state index in [9.17, 15) is 26.4 Å². The van der Waals surface area contributed by atoms with E-state index in [1.54, 1.807) is 6.07 Å². The average Bonchev–Trinajstić information content (AvgIpc) is 2.89. The number of piperidine rings is 1. The quantitative estimate of drug-likeness (QED) is 0.587. The van der Waals surface area contributed by atoms with Crippen LogP contribution in [0.1, 0.15) is 38.2 Å². The number of benzene rings is 1. The van der Waals surface area contributed by atoms with Crippen molar-refractivity contribution in [3.63, 3.8) is 0 Å². The number of ketones is 1. The van der Waals surface area contributed by atoms with E-state index in [0.717, 1.165) is 12.1 Å². The molecule has 3 aliphatic rings. The number of carbonyl (C=O) groups is 1. The summed E-state index contributed by atoms with van der Waals surface area (Å²) >= 11 is 0. The van der Waals surface area contributed by atoms with Crippen LogP contribution < -0.4 is 14.8 Å². The molecular weight excluding hydrogens is 397 g/mol. The Morgan fingerprint density at radius 2 is 1.96 bits per heavy atom. The molecule has 1 aromatic carbocycles. The third kappa shape index (κ3) is 2.64. The number of rotatable bonds is 2. The monoisotopic (exact) mass is 418 g/mol. The normalized spacial score (nSPS) is 32.5. The fraction of sp³-hybridized carbons (Fsp3) is 0.611. The van der Waals surface area contributed by atoms with Crippen LogP contribution in [-0.2, 0) is 21.3 Å². The molecule has 154 valence electrons. The zero-order valence-electron chi connectivity index (χ0n) is 15.3. The number of Topliss-reactive ketones (excluding diaryl/α,β-unsaturated/α-hetero) is 1. The fourth-order valence-corrected chi connectivity index (χ4v) is 5.62. The van der Waals surface area contributed by atoms with Crippen molar-refractivity contribution < 1.29 is 30.6 Å². The Morgan fingerprint density at radius 1 is 1.25 bits per heavy atom. The summed E-state index contributed by atoms with van der Waals surface area (Å²) in [7, 11) is -5.71. The van der Waals surface area contributed by atoms with Crippen LogP contribution >= 0.6 is 0 Å².